The standard InChI is InChI=1S/C21H23N3O2S2/c25-19(22-15-6-1-2-7-15)14-28-21-23-18-10-4-3-9-17(18)20(26)24(21)12-11-16-8-5-13-27-16/h3-5,8-10,13,15H,1-2,6-7,11-12,14H2,(H,22,25). The van der Waals surface area contributed by atoms with Crippen LogP contribution in [0.2, 0.25) is 0 Å². The van der Waals surface area contributed by atoms with Crippen LogP contribution >= 0.6 is 23.1 Å². The van der Waals surface area contributed by atoms with Crippen molar-refractivity contribution >= 4 is 39.9 Å². The lowest BCUT2D eigenvalue weighted by Gasteiger charge is -2.14. The van der Waals surface area contributed by atoms with E-state index in [-0.39, 0.29) is 17.2 Å². The number of hydrogen-bond acceptors (Lipinski definition) is 5. The molecular weight excluding hydrogens is 390 g/mol. The van der Waals surface area contributed by atoms with E-state index in [9.17, 15) is 9.59 Å². The Morgan fingerprint density at radius 3 is 2.82 bits per heavy atom. The van der Waals surface area contributed by atoms with Gasteiger partial charge in [-0.1, -0.05) is 42.8 Å². The maximum absolute atomic E-state index is 13.0. The summed E-state index contributed by atoms with van der Waals surface area (Å²) in [6, 6.07) is 11.8. The molecule has 1 aliphatic carbocycles. The molecule has 3 aromatic rings. The van der Waals surface area contributed by atoms with Gasteiger partial charge in [-0.15, -0.1) is 11.3 Å². The molecule has 1 amide bonds. The Kier molecular flexibility index (Phi) is 6.12. The molecule has 0 aliphatic heterocycles. The van der Waals surface area contributed by atoms with Crippen LogP contribution in [0, 0.1) is 0 Å². The van der Waals surface area contributed by atoms with Crippen molar-refractivity contribution in [3.8, 4) is 0 Å². The van der Waals surface area contributed by atoms with Crippen LogP contribution in [0.25, 0.3) is 10.9 Å². The summed E-state index contributed by atoms with van der Waals surface area (Å²) in [7, 11) is 0. The largest absolute Gasteiger partial charge is 0.353 e. The van der Waals surface area contributed by atoms with Gasteiger partial charge in [0.2, 0.25) is 5.91 Å². The van der Waals surface area contributed by atoms with E-state index in [1.54, 1.807) is 15.9 Å². The molecule has 1 N–H and O–H groups in total. The van der Waals surface area contributed by atoms with Gasteiger partial charge in [0.15, 0.2) is 5.16 Å². The third-order valence-corrected chi connectivity index (χ3v) is 6.95. The number of nitrogens with zero attached hydrogens (tertiary/aromatic N) is 2. The van der Waals surface area contributed by atoms with E-state index < -0.39 is 0 Å². The van der Waals surface area contributed by atoms with Crippen LogP contribution < -0.4 is 10.9 Å². The van der Waals surface area contributed by atoms with Gasteiger partial charge >= 0.3 is 0 Å². The number of carbonyl (C=O) groups is 1. The fourth-order valence-electron chi connectivity index (χ4n) is 3.60. The molecule has 0 radical (unpaired) electrons. The van der Waals surface area contributed by atoms with Crippen LogP contribution in [0.5, 0.6) is 0 Å². The van der Waals surface area contributed by atoms with Gasteiger partial charge < -0.3 is 5.32 Å². The van der Waals surface area contributed by atoms with Crippen molar-refractivity contribution in [2.45, 2.75) is 49.8 Å². The van der Waals surface area contributed by atoms with E-state index in [1.807, 2.05) is 35.7 Å². The summed E-state index contributed by atoms with van der Waals surface area (Å²) in [5.74, 6) is 0.296. The fourth-order valence-corrected chi connectivity index (χ4v) is 5.14. The van der Waals surface area contributed by atoms with E-state index in [0.717, 1.165) is 19.3 Å². The summed E-state index contributed by atoms with van der Waals surface area (Å²) in [6.07, 6.45) is 5.28. The predicted molar refractivity (Wildman–Crippen MR) is 115 cm³/mol. The summed E-state index contributed by atoms with van der Waals surface area (Å²) in [4.78, 5) is 31.3. The van der Waals surface area contributed by atoms with E-state index in [2.05, 4.69) is 16.4 Å². The van der Waals surface area contributed by atoms with Crippen LogP contribution in [-0.2, 0) is 17.8 Å². The number of amides is 1. The van der Waals surface area contributed by atoms with Crippen molar-refractivity contribution in [2.24, 2.45) is 0 Å². The van der Waals surface area contributed by atoms with E-state index in [4.69, 9.17) is 0 Å². The average Bonchev–Trinajstić information content (AvgIpc) is 3.40. The number of hydrogen-bond donors (Lipinski definition) is 1. The number of para-hydroxylation sites is 1. The molecule has 1 aliphatic rings. The lowest BCUT2D eigenvalue weighted by atomic mass is 10.2. The molecule has 0 atom stereocenters. The van der Waals surface area contributed by atoms with Gasteiger partial charge in [-0.3, -0.25) is 14.2 Å². The molecule has 1 aromatic carbocycles. The monoisotopic (exact) mass is 413 g/mol. The molecular formula is C21H23N3O2S2. The summed E-state index contributed by atoms with van der Waals surface area (Å²) in [5, 5.41) is 6.37. The van der Waals surface area contributed by atoms with Gasteiger partial charge in [-0.25, -0.2) is 4.98 Å². The molecule has 5 nitrogen and oxygen atoms in total. The fraction of sp³-hybridized carbons (Fsp3) is 0.381. The van der Waals surface area contributed by atoms with Crippen LogP contribution in [0.1, 0.15) is 30.6 Å². The first kappa shape index (κ1) is 19.2. The minimum absolute atomic E-state index is 0.0177. The molecule has 7 heteroatoms. The molecule has 4 rings (SSSR count). The van der Waals surface area contributed by atoms with Crippen molar-refractivity contribution < 1.29 is 4.79 Å². The van der Waals surface area contributed by atoms with Crippen molar-refractivity contribution in [1.82, 2.24) is 14.9 Å². The lowest BCUT2D eigenvalue weighted by Crippen LogP contribution is -2.34. The smallest absolute Gasteiger partial charge is 0.262 e. The van der Waals surface area contributed by atoms with Crippen molar-refractivity contribution in [1.29, 1.82) is 0 Å². The third-order valence-electron chi connectivity index (χ3n) is 5.04. The van der Waals surface area contributed by atoms with E-state index >= 15 is 0 Å². The van der Waals surface area contributed by atoms with Crippen LogP contribution in [0.15, 0.2) is 51.7 Å². The highest BCUT2D eigenvalue weighted by atomic mass is 32.2. The topological polar surface area (TPSA) is 64.0 Å². The van der Waals surface area contributed by atoms with Crippen molar-refractivity contribution in [3.05, 3.63) is 57.0 Å². The Hall–Kier alpha value is -2.12. The first-order valence-electron chi connectivity index (χ1n) is 9.65. The SMILES string of the molecule is O=C(CSc1nc2ccccc2c(=O)n1CCc1cccs1)NC1CCCC1. The second-order valence-electron chi connectivity index (χ2n) is 7.04. The second-order valence-corrected chi connectivity index (χ2v) is 9.01. The third kappa shape index (κ3) is 4.47. The first-order chi connectivity index (χ1) is 13.7. The number of carbonyl (C=O) groups excluding carboxylic acids is 1. The van der Waals surface area contributed by atoms with Crippen LogP contribution in [0.3, 0.4) is 0 Å². The highest BCUT2D eigenvalue weighted by molar-refractivity contribution is 7.99. The molecule has 2 heterocycles. The Morgan fingerprint density at radius 1 is 1.21 bits per heavy atom. The van der Waals surface area contributed by atoms with Gasteiger partial charge in [-0.2, -0.15) is 0 Å². The van der Waals surface area contributed by atoms with Crippen LogP contribution in [-0.4, -0.2) is 27.3 Å². The minimum atomic E-state index is -0.0409. The van der Waals surface area contributed by atoms with Gasteiger partial charge in [0.05, 0.1) is 16.7 Å². The van der Waals surface area contributed by atoms with Gasteiger partial charge in [-0.05, 0) is 42.8 Å². The lowest BCUT2D eigenvalue weighted by molar-refractivity contribution is -0.119. The maximum atomic E-state index is 13.0. The quantitative estimate of drug-likeness (QED) is 0.472. The van der Waals surface area contributed by atoms with E-state index in [1.165, 1.54) is 29.5 Å². The Labute approximate surface area is 172 Å². The van der Waals surface area contributed by atoms with Crippen molar-refractivity contribution in [2.75, 3.05) is 5.75 Å². The number of benzene rings is 1. The van der Waals surface area contributed by atoms with Gasteiger partial charge in [0, 0.05) is 17.5 Å². The Morgan fingerprint density at radius 2 is 2.04 bits per heavy atom. The van der Waals surface area contributed by atoms with Crippen LogP contribution in [0.4, 0.5) is 0 Å². The van der Waals surface area contributed by atoms with Gasteiger partial charge in [0.1, 0.15) is 0 Å². The zero-order chi connectivity index (χ0) is 19.3. The molecule has 1 fully saturated rings. The number of thioether (sulfide) groups is 1. The second kappa shape index (κ2) is 8.92. The number of rotatable bonds is 7. The summed E-state index contributed by atoms with van der Waals surface area (Å²) < 4.78 is 1.72. The number of nitrogens with one attached hydrogen (secondary N) is 1. The summed E-state index contributed by atoms with van der Waals surface area (Å²) >= 11 is 3.03. The predicted octanol–water partition coefficient (Wildman–Crippen LogP) is 3.85. The maximum Gasteiger partial charge on any atom is 0.262 e. The first-order valence-corrected chi connectivity index (χ1v) is 11.5. The normalized spacial score (nSPS) is 14.6. The highest BCUT2D eigenvalue weighted by Gasteiger charge is 2.18. The molecule has 1 saturated carbocycles. The number of aromatic nitrogens is 2. The number of fused-ring (bicyclic) bond motifs is 1. The summed E-state index contributed by atoms with van der Waals surface area (Å²) in [6.45, 7) is 0.559. The highest BCUT2D eigenvalue weighted by Crippen LogP contribution is 2.21. The summed E-state index contributed by atoms with van der Waals surface area (Å²) in [5.41, 5.74) is 0.638. The molecule has 0 unspecified atom stereocenters. The Bertz CT molecular complexity index is 1010. The average molecular weight is 414 g/mol. The van der Waals surface area contributed by atoms with Gasteiger partial charge in [0.25, 0.3) is 5.56 Å². The molecule has 0 bridgehead atoms. The van der Waals surface area contributed by atoms with E-state index in [0.29, 0.717) is 28.6 Å². The molecule has 0 saturated heterocycles. The minimum Gasteiger partial charge on any atom is -0.353 e. The zero-order valence-electron chi connectivity index (χ0n) is 15.6. The Balaban J connectivity index is 1.54. The molecule has 28 heavy (non-hydrogen) atoms. The number of aryl methyl sites for hydroxylation is 1. The zero-order valence-corrected chi connectivity index (χ0v) is 17.2. The number of thiophene rings is 1. The van der Waals surface area contributed by atoms with Crippen molar-refractivity contribution in [3.63, 3.8) is 0 Å². The molecule has 0 spiro atoms. The molecule has 146 valence electrons. The molecule has 2 aromatic heterocycles.